The van der Waals surface area contributed by atoms with Crippen LogP contribution in [0.3, 0.4) is 0 Å². The van der Waals surface area contributed by atoms with Crippen molar-refractivity contribution in [2.24, 2.45) is 5.92 Å². The van der Waals surface area contributed by atoms with Crippen LogP contribution < -0.4 is 14.2 Å². The van der Waals surface area contributed by atoms with E-state index in [1.807, 2.05) is 0 Å². The summed E-state index contributed by atoms with van der Waals surface area (Å²) in [6.45, 7) is 4.47. The van der Waals surface area contributed by atoms with E-state index in [0.29, 0.717) is 43.6 Å². The molecule has 0 atom stereocenters. The van der Waals surface area contributed by atoms with Crippen LogP contribution in [0.15, 0.2) is 48.5 Å². The van der Waals surface area contributed by atoms with Crippen molar-refractivity contribution >= 4 is 5.97 Å². The van der Waals surface area contributed by atoms with Gasteiger partial charge in [-0.25, -0.2) is 8.78 Å². The van der Waals surface area contributed by atoms with Gasteiger partial charge in [0.2, 0.25) is 11.6 Å². The van der Waals surface area contributed by atoms with Crippen molar-refractivity contribution in [2.45, 2.75) is 58.3 Å². The lowest BCUT2D eigenvalue weighted by Gasteiger charge is -2.28. The van der Waals surface area contributed by atoms with Gasteiger partial charge in [-0.2, -0.15) is 8.78 Å². The van der Waals surface area contributed by atoms with E-state index < -0.39 is 40.9 Å². The molecule has 39 heavy (non-hydrogen) atoms. The summed E-state index contributed by atoms with van der Waals surface area (Å²) in [6.07, 6.45) is 3.53. The zero-order valence-corrected chi connectivity index (χ0v) is 22.1. The number of benzene rings is 3. The average molecular weight is 545 g/mol. The van der Waals surface area contributed by atoms with Gasteiger partial charge in [0.15, 0.2) is 23.1 Å². The Bertz CT molecular complexity index is 1280. The van der Waals surface area contributed by atoms with Gasteiger partial charge in [-0.05, 0) is 80.3 Å². The molecular formula is C31H32F4O4. The molecule has 0 aliphatic heterocycles. The Balaban J connectivity index is 1.38. The van der Waals surface area contributed by atoms with Crippen LogP contribution in [0.1, 0.15) is 63.9 Å². The van der Waals surface area contributed by atoms with Gasteiger partial charge in [-0.1, -0.05) is 37.6 Å². The summed E-state index contributed by atoms with van der Waals surface area (Å²) in [4.78, 5) is 12.6. The minimum atomic E-state index is -1.29. The van der Waals surface area contributed by atoms with E-state index in [1.165, 1.54) is 6.07 Å². The maximum absolute atomic E-state index is 15.2. The molecule has 1 aliphatic carbocycles. The standard InChI is InChI=1S/C31H32F4O4/c1-3-5-18-38-22-12-10-20(11-13-22)24-15-14-23(27(32)28(24)33)19-6-8-21(9-7-19)31(36)39-26-17-16-25(37-4-2)29(34)30(26)35/h10-17,19,21H,3-9,18H2,1-2H3. The molecule has 4 rings (SSSR count). The zero-order valence-electron chi connectivity index (χ0n) is 22.1. The van der Waals surface area contributed by atoms with E-state index in [-0.39, 0.29) is 29.4 Å². The molecule has 0 unspecified atom stereocenters. The lowest BCUT2D eigenvalue weighted by molar-refractivity contribution is -0.140. The van der Waals surface area contributed by atoms with Crippen molar-refractivity contribution in [3.8, 4) is 28.4 Å². The molecule has 0 amide bonds. The van der Waals surface area contributed by atoms with Crippen molar-refractivity contribution in [3.63, 3.8) is 0 Å². The monoisotopic (exact) mass is 544 g/mol. The molecule has 0 radical (unpaired) electrons. The van der Waals surface area contributed by atoms with E-state index in [4.69, 9.17) is 14.2 Å². The molecule has 3 aromatic carbocycles. The van der Waals surface area contributed by atoms with Crippen LogP contribution in [0.25, 0.3) is 11.1 Å². The summed E-state index contributed by atoms with van der Waals surface area (Å²) in [6, 6.07) is 12.4. The molecule has 1 aliphatic rings. The van der Waals surface area contributed by atoms with Gasteiger partial charge in [0.25, 0.3) is 0 Å². The Morgan fingerprint density at radius 3 is 2.10 bits per heavy atom. The fraction of sp³-hybridized carbons (Fsp3) is 0.387. The highest BCUT2D eigenvalue weighted by molar-refractivity contribution is 5.75. The molecule has 0 spiro atoms. The van der Waals surface area contributed by atoms with Crippen LogP contribution in [0.5, 0.6) is 17.2 Å². The fourth-order valence-electron chi connectivity index (χ4n) is 4.86. The maximum atomic E-state index is 15.2. The molecule has 4 nitrogen and oxygen atoms in total. The first kappa shape index (κ1) is 28.5. The van der Waals surface area contributed by atoms with Gasteiger partial charge in [0.05, 0.1) is 19.1 Å². The minimum absolute atomic E-state index is 0.160. The number of esters is 1. The lowest BCUT2D eigenvalue weighted by atomic mass is 9.78. The first-order chi connectivity index (χ1) is 18.8. The second-order valence-electron chi connectivity index (χ2n) is 9.65. The molecular weight excluding hydrogens is 512 g/mol. The topological polar surface area (TPSA) is 44.8 Å². The van der Waals surface area contributed by atoms with Gasteiger partial charge in [-0.15, -0.1) is 0 Å². The van der Waals surface area contributed by atoms with Crippen LogP contribution >= 0.6 is 0 Å². The van der Waals surface area contributed by atoms with Crippen LogP contribution in [-0.2, 0) is 4.79 Å². The van der Waals surface area contributed by atoms with Crippen LogP contribution in [0, 0.1) is 29.2 Å². The van der Waals surface area contributed by atoms with Gasteiger partial charge in [0.1, 0.15) is 5.75 Å². The number of hydrogen-bond donors (Lipinski definition) is 0. The normalized spacial score (nSPS) is 17.1. The number of carbonyl (C=O) groups excluding carboxylic acids is 1. The van der Waals surface area contributed by atoms with Crippen LogP contribution in [-0.4, -0.2) is 19.2 Å². The van der Waals surface area contributed by atoms with Crippen molar-refractivity contribution < 1.29 is 36.6 Å². The summed E-state index contributed by atoms with van der Waals surface area (Å²) in [5.74, 6) is -5.92. The summed E-state index contributed by atoms with van der Waals surface area (Å²) < 4.78 is 74.4. The van der Waals surface area contributed by atoms with Crippen LogP contribution in [0.2, 0.25) is 0 Å². The van der Waals surface area contributed by atoms with Gasteiger partial charge < -0.3 is 14.2 Å². The molecule has 0 heterocycles. The molecule has 0 bridgehead atoms. The fourth-order valence-corrected chi connectivity index (χ4v) is 4.86. The van der Waals surface area contributed by atoms with Crippen molar-refractivity contribution in [1.29, 1.82) is 0 Å². The summed E-state index contributed by atoms with van der Waals surface area (Å²) in [5.41, 5.74) is 0.977. The third-order valence-electron chi connectivity index (χ3n) is 7.07. The van der Waals surface area contributed by atoms with E-state index in [2.05, 4.69) is 6.92 Å². The highest BCUT2D eigenvalue weighted by Gasteiger charge is 2.31. The largest absolute Gasteiger partial charge is 0.494 e. The summed E-state index contributed by atoms with van der Waals surface area (Å²) in [5, 5.41) is 0. The SMILES string of the molecule is CCCCOc1ccc(-c2ccc(C3CCC(C(=O)Oc4ccc(OCC)c(F)c4F)CC3)c(F)c2F)cc1. The van der Waals surface area contributed by atoms with Crippen molar-refractivity contribution in [3.05, 3.63) is 77.4 Å². The molecule has 208 valence electrons. The van der Waals surface area contributed by atoms with Crippen molar-refractivity contribution in [1.82, 2.24) is 0 Å². The first-order valence-corrected chi connectivity index (χ1v) is 13.4. The van der Waals surface area contributed by atoms with Crippen molar-refractivity contribution in [2.75, 3.05) is 13.2 Å². The van der Waals surface area contributed by atoms with E-state index in [9.17, 15) is 13.6 Å². The molecule has 0 N–H and O–H groups in total. The first-order valence-electron chi connectivity index (χ1n) is 13.4. The Hall–Kier alpha value is -3.55. The molecule has 8 heteroatoms. The molecule has 0 saturated heterocycles. The average Bonchev–Trinajstić information content (AvgIpc) is 2.95. The third-order valence-corrected chi connectivity index (χ3v) is 7.07. The van der Waals surface area contributed by atoms with E-state index in [0.717, 1.165) is 18.9 Å². The van der Waals surface area contributed by atoms with Crippen LogP contribution in [0.4, 0.5) is 17.6 Å². The highest BCUT2D eigenvalue weighted by atomic mass is 19.2. The van der Waals surface area contributed by atoms with E-state index >= 15 is 8.78 Å². The molecule has 0 aromatic heterocycles. The lowest BCUT2D eigenvalue weighted by Crippen LogP contribution is -2.26. The number of carbonyl (C=O) groups is 1. The second kappa shape index (κ2) is 13.0. The number of ether oxygens (including phenoxy) is 3. The Labute approximate surface area is 225 Å². The predicted molar refractivity (Wildman–Crippen MR) is 140 cm³/mol. The van der Waals surface area contributed by atoms with Gasteiger partial charge in [-0.3, -0.25) is 4.79 Å². The quantitative estimate of drug-likeness (QED) is 0.111. The molecule has 3 aromatic rings. The predicted octanol–water partition coefficient (Wildman–Crippen LogP) is 8.37. The Morgan fingerprint density at radius 2 is 1.44 bits per heavy atom. The smallest absolute Gasteiger partial charge is 0.314 e. The maximum Gasteiger partial charge on any atom is 0.314 e. The minimum Gasteiger partial charge on any atom is -0.494 e. The van der Waals surface area contributed by atoms with E-state index in [1.54, 1.807) is 43.3 Å². The number of rotatable bonds is 10. The Kier molecular flexibility index (Phi) is 9.49. The molecule has 1 fully saturated rings. The third kappa shape index (κ3) is 6.54. The zero-order chi connectivity index (χ0) is 27.9. The molecule has 1 saturated carbocycles. The summed E-state index contributed by atoms with van der Waals surface area (Å²) >= 11 is 0. The summed E-state index contributed by atoms with van der Waals surface area (Å²) in [7, 11) is 0. The van der Waals surface area contributed by atoms with Gasteiger partial charge in [0, 0.05) is 5.56 Å². The second-order valence-corrected chi connectivity index (χ2v) is 9.65. The van der Waals surface area contributed by atoms with Gasteiger partial charge >= 0.3 is 5.97 Å². The number of unbranched alkanes of at least 4 members (excludes halogenated alkanes) is 1. The number of halogens is 4. The highest BCUT2D eigenvalue weighted by Crippen LogP contribution is 2.40. The Morgan fingerprint density at radius 1 is 0.769 bits per heavy atom. The number of hydrogen-bond acceptors (Lipinski definition) is 4.